The van der Waals surface area contributed by atoms with Crippen LogP contribution in [0.2, 0.25) is 0 Å². The molecule has 2 rings (SSSR count). The molecule has 80 valence electrons. The van der Waals surface area contributed by atoms with E-state index in [1.54, 1.807) is 0 Å². The van der Waals surface area contributed by atoms with Gasteiger partial charge in [-0.05, 0) is 37.0 Å². The Labute approximate surface area is 89.1 Å². The van der Waals surface area contributed by atoms with E-state index in [0.717, 1.165) is 6.42 Å². The molecule has 15 heavy (non-hydrogen) atoms. The van der Waals surface area contributed by atoms with Crippen LogP contribution in [-0.2, 0) is 17.6 Å². The molecule has 0 fully saturated rings. The SMILES string of the molecule is CC1Cc2c(CCC(=O)O)cccc2N1. The van der Waals surface area contributed by atoms with Gasteiger partial charge in [-0.15, -0.1) is 0 Å². The fraction of sp³-hybridized carbons (Fsp3) is 0.417. The van der Waals surface area contributed by atoms with Crippen molar-refractivity contribution in [1.29, 1.82) is 0 Å². The summed E-state index contributed by atoms with van der Waals surface area (Å²) in [4.78, 5) is 10.5. The predicted octanol–water partition coefficient (Wildman–Crippen LogP) is 2.06. The number of hydrogen-bond acceptors (Lipinski definition) is 2. The van der Waals surface area contributed by atoms with Crippen LogP contribution in [0.4, 0.5) is 5.69 Å². The summed E-state index contributed by atoms with van der Waals surface area (Å²) in [6.07, 6.45) is 1.85. The van der Waals surface area contributed by atoms with E-state index >= 15 is 0 Å². The molecule has 3 heteroatoms. The van der Waals surface area contributed by atoms with E-state index in [2.05, 4.69) is 18.3 Å². The van der Waals surface area contributed by atoms with Gasteiger partial charge in [-0.3, -0.25) is 4.79 Å². The van der Waals surface area contributed by atoms with Crippen LogP contribution in [0.5, 0.6) is 0 Å². The summed E-state index contributed by atoms with van der Waals surface area (Å²) in [5.74, 6) is -0.730. The van der Waals surface area contributed by atoms with Gasteiger partial charge in [0.15, 0.2) is 0 Å². The van der Waals surface area contributed by atoms with Crippen molar-refractivity contribution in [3.8, 4) is 0 Å². The summed E-state index contributed by atoms with van der Waals surface area (Å²) in [6.45, 7) is 2.14. The average molecular weight is 205 g/mol. The largest absolute Gasteiger partial charge is 0.481 e. The molecule has 1 atom stereocenters. The average Bonchev–Trinajstić information content (AvgIpc) is 2.55. The van der Waals surface area contributed by atoms with Crippen molar-refractivity contribution in [3.63, 3.8) is 0 Å². The minimum Gasteiger partial charge on any atom is -0.481 e. The van der Waals surface area contributed by atoms with Crippen LogP contribution < -0.4 is 5.32 Å². The summed E-state index contributed by atoms with van der Waals surface area (Å²) < 4.78 is 0. The molecule has 0 aromatic heterocycles. The van der Waals surface area contributed by atoms with Gasteiger partial charge in [0.2, 0.25) is 0 Å². The van der Waals surface area contributed by atoms with E-state index in [-0.39, 0.29) is 6.42 Å². The zero-order chi connectivity index (χ0) is 10.8. The number of anilines is 1. The molecule has 0 spiro atoms. The van der Waals surface area contributed by atoms with Crippen molar-refractivity contribution in [2.24, 2.45) is 0 Å². The van der Waals surface area contributed by atoms with Crippen LogP contribution in [0, 0.1) is 0 Å². The number of hydrogen-bond donors (Lipinski definition) is 2. The molecule has 0 amide bonds. The second kappa shape index (κ2) is 3.93. The third kappa shape index (κ3) is 2.12. The maximum absolute atomic E-state index is 10.5. The summed E-state index contributed by atoms with van der Waals surface area (Å²) in [5.41, 5.74) is 3.64. The second-order valence-electron chi connectivity index (χ2n) is 4.09. The van der Waals surface area contributed by atoms with Gasteiger partial charge < -0.3 is 10.4 Å². The highest BCUT2D eigenvalue weighted by molar-refractivity contribution is 5.68. The first-order chi connectivity index (χ1) is 7.16. The quantitative estimate of drug-likeness (QED) is 0.794. The monoisotopic (exact) mass is 205 g/mol. The van der Waals surface area contributed by atoms with Crippen LogP contribution in [0.1, 0.15) is 24.5 Å². The maximum atomic E-state index is 10.5. The Morgan fingerprint density at radius 2 is 2.40 bits per heavy atom. The van der Waals surface area contributed by atoms with Crippen molar-refractivity contribution < 1.29 is 9.90 Å². The number of benzene rings is 1. The Balaban J connectivity index is 2.19. The van der Waals surface area contributed by atoms with Crippen molar-refractivity contribution in [2.45, 2.75) is 32.2 Å². The molecule has 2 N–H and O–H groups in total. The van der Waals surface area contributed by atoms with Crippen molar-refractivity contribution in [3.05, 3.63) is 29.3 Å². The zero-order valence-corrected chi connectivity index (χ0v) is 8.79. The molecule has 0 saturated heterocycles. The molecule has 0 bridgehead atoms. The first-order valence-electron chi connectivity index (χ1n) is 5.26. The molecule has 3 nitrogen and oxygen atoms in total. The van der Waals surface area contributed by atoms with Crippen LogP contribution in [0.3, 0.4) is 0 Å². The molecule has 1 aliphatic rings. The number of aliphatic carboxylic acids is 1. The molecule has 1 aliphatic heterocycles. The van der Waals surface area contributed by atoms with Gasteiger partial charge in [0, 0.05) is 18.2 Å². The van der Waals surface area contributed by atoms with Crippen LogP contribution >= 0.6 is 0 Å². The zero-order valence-electron chi connectivity index (χ0n) is 8.79. The first-order valence-corrected chi connectivity index (χ1v) is 5.26. The summed E-state index contributed by atoms with van der Waals surface area (Å²) in [7, 11) is 0. The van der Waals surface area contributed by atoms with Crippen LogP contribution in [-0.4, -0.2) is 17.1 Å². The van der Waals surface area contributed by atoms with E-state index in [4.69, 9.17) is 5.11 Å². The Bertz CT molecular complexity index is 387. The highest BCUT2D eigenvalue weighted by Gasteiger charge is 2.19. The lowest BCUT2D eigenvalue weighted by Gasteiger charge is -2.05. The fourth-order valence-corrected chi connectivity index (χ4v) is 2.11. The van der Waals surface area contributed by atoms with Gasteiger partial charge in [-0.1, -0.05) is 12.1 Å². The molecule has 0 saturated carbocycles. The molecule has 1 heterocycles. The number of carboxylic acids is 1. The second-order valence-corrected chi connectivity index (χ2v) is 4.09. The Morgan fingerprint density at radius 1 is 1.60 bits per heavy atom. The van der Waals surface area contributed by atoms with Gasteiger partial charge in [0.05, 0.1) is 0 Å². The number of carbonyl (C=O) groups is 1. The molecular weight excluding hydrogens is 190 g/mol. The Kier molecular flexibility index (Phi) is 2.62. The topological polar surface area (TPSA) is 49.3 Å². The molecular formula is C12H15NO2. The molecule has 1 unspecified atom stereocenters. The van der Waals surface area contributed by atoms with Gasteiger partial charge in [-0.2, -0.15) is 0 Å². The normalized spacial score (nSPS) is 18.3. The Hall–Kier alpha value is -1.51. The lowest BCUT2D eigenvalue weighted by atomic mass is 9.99. The van der Waals surface area contributed by atoms with E-state index < -0.39 is 5.97 Å². The summed E-state index contributed by atoms with van der Waals surface area (Å²) in [6, 6.07) is 6.54. The van der Waals surface area contributed by atoms with E-state index in [1.165, 1.54) is 16.8 Å². The van der Waals surface area contributed by atoms with Crippen LogP contribution in [0.15, 0.2) is 18.2 Å². The van der Waals surface area contributed by atoms with E-state index in [9.17, 15) is 4.79 Å². The van der Waals surface area contributed by atoms with Crippen molar-refractivity contribution >= 4 is 11.7 Å². The minimum absolute atomic E-state index is 0.213. The number of fused-ring (bicyclic) bond motifs is 1. The predicted molar refractivity (Wildman–Crippen MR) is 59.2 cm³/mol. The summed E-state index contributed by atoms with van der Waals surface area (Å²) in [5, 5.41) is 12.0. The minimum atomic E-state index is -0.730. The van der Waals surface area contributed by atoms with E-state index in [0.29, 0.717) is 12.5 Å². The van der Waals surface area contributed by atoms with Crippen molar-refractivity contribution in [2.75, 3.05) is 5.32 Å². The highest BCUT2D eigenvalue weighted by atomic mass is 16.4. The number of aryl methyl sites for hydroxylation is 1. The maximum Gasteiger partial charge on any atom is 0.303 e. The smallest absolute Gasteiger partial charge is 0.303 e. The fourth-order valence-electron chi connectivity index (χ4n) is 2.11. The number of rotatable bonds is 3. The van der Waals surface area contributed by atoms with Gasteiger partial charge in [0.25, 0.3) is 0 Å². The number of nitrogens with one attached hydrogen (secondary N) is 1. The molecule has 1 aromatic carbocycles. The summed E-state index contributed by atoms with van der Waals surface area (Å²) >= 11 is 0. The third-order valence-electron chi connectivity index (χ3n) is 2.79. The van der Waals surface area contributed by atoms with Crippen LogP contribution in [0.25, 0.3) is 0 Å². The highest BCUT2D eigenvalue weighted by Crippen LogP contribution is 2.29. The lowest BCUT2D eigenvalue weighted by Crippen LogP contribution is -2.08. The standard InChI is InChI=1S/C12H15NO2/c1-8-7-10-9(5-6-12(14)15)3-2-4-11(10)13-8/h2-4,8,13H,5-7H2,1H3,(H,14,15). The molecule has 0 radical (unpaired) electrons. The molecule has 1 aromatic rings. The number of carboxylic acid groups (broad SMARTS) is 1. The molecule has 0 aliphatic carbocycles. The van der Waals surface area contributed by atoms with E-state index in [1.807, 2.05) is 12.1 Å². The Morgan fingerprint density at radius 3 is 3.13 bits per heavy atom. The first kappa shape index (κ1) is 10.0. The van der Waals surface area contributed by atoms with Gasteiger partial charge in [-0.25, -0.2) is 0 Å². The van der Waals surface area contributed by atoms with Gasteiger partial charge in [0.1, 0.15) is 0 Å². The van der Waals surface area contributed by atoms with Crippen molar-refractivity contribution in [1.82, 2.24) is 0 Å². The lowest BCUT2D eigenvalue weighted by molar-refractivity contribution is -0.136. The van der Waals surface area contributed by atoms with Gasteiger partial charge >= 0.3 is 5.97 Å². The third-order valence-corrected chi connectivity index (χ3v) is 2.79.